The van der Waals surface area contributed by atoms with Crippen LogP contribution in [0.25, 0.3) is 0 Å². The van der Waals surface area contributed by atoms with Gasteiger partial charge in [0.2, 0.25) is 0 Å². The van der Waals surface area contributed by atoms with Gasteiger partial charge in [-0.2, -0.15) is 0 Å². The maximum Gasteiger partial charge on any atom is 0.320 e. The highest BCUT2D eigenvalue weighted by Crippen LogP contribution is 2.16. The Labute approximate surface area is 71.2 Å². The van der Waals surface area contributed by atoms with Crippen molar-refractivity contribution in [3.05, 3.63) is 0 Å². The second kappa shape index (κ2) is 3.67. The summed E-state index contributed by atoms with van der Waals surface area (Å²) < 4.78 is 0. The van der Waals surface area contributed by atoms with Crippen molar-refractivity contribution < 1.29 is 14.7 Å². The van der Waals surface area contributed by atoms with Crippen molar-refractivity contribution in [2.75, 3.05) is 13.1 Å². The molecule has 1 rings (SSSR count). The molecule has 1 heterocycles. The van der Waals surface area contributed by atoms with E-state index in [9.17, 15) is 9.59 Å². The van der Waals surface area contributed by atoms with Gasteiger partial charge in [0.1, 0.15) is 11.8 Å². The van der Waals surface area contributed by atoms with E-state index in [1.54, 1.807) is 4.90 Å². The van der Waals surface area contributed by atoms with Crippen LogP contribution in [-0.4, -0.2) is 40.9 Å². The summed E-state index contributed by atoms with van der Waals surface area (Å²) in [6.07, 6.45) is 1.55. The first kappa shape index (κ1) is 9.19. The summed E-state index contributed by atoms with van der Waals surface area (Å²) in [5.74, 6) is -0.781. The van der Waals surface area contributed by atoms with Gasteiger partial charge >= 0.3 is 5.97 Å². The third-order valence-corrected chi connectivity index (χ3v) is 2.07. The van der Waals surface area contributed by atoms with Crippen LogP contribution in [0, 0.1) is 0 Å². The van der Waals surface area contributed by atoms with E-state index in [0.29, 0.717) is 6.42 Å². The number of ketones is 1. The summed E-state index contributed by atoms with van der Waals surface area (Å²) in [7, 11) is 0. The fourth-order valence-electron chi connectivity index (χ4n) is 1.58. The van der Waals surface area contributed by atoms with E-state index in [2.05, 4.69) is 0 Å². The number of hydrogen-bond donors (Lipinski definition) is 1. The summed E-state index contributed by atoms with van der Waals surface area (Å²) in [6, 6.07) is -0.436. The van der Waals surface area contributed by atoms with E-state index >= 15 is 0 Å². The minimum absolute atomic E-state index is 0.0307. The number of rotatable bonds is 3. The van der Waals surface area contributed by atoms with Crippen LogP contribution in [0.4, 0.5) is 0 Å². The van der Waals surface area contributed by atoms with Crippen LogP contribution in [0.3, 0.4) is 0 Å². The molecule has 0 spiro atoms. The number of nitrogens with zero attached hydrogens (tertiary/aromatic N) is 1. The molecule has 1 N–H and O–H groups in total. The Morgan fingerprint density at radius 2 is 2.25 bits per heavy atom. The van der Waals surface area contributed by atoms with Crippen LogP contribution in [-0.2, 0) is 9.59 Å². The molecule has 1 saturated heterocycles. The SMILES string of the molecule is CC(=O)CN1CCC[C@H]1C(=O)O. The first-order chi connectivity index (χ1) is 5.61. The molecule has 1 fully saturated rings. The van der Waals surface area contributed by atoms with Gasteiger partial charge in [0.15, 0.2) is 0 Å². The minimum Gasteiger partial charge on any atom is -0.480 e. The summed E-state index contributed by atoms with van der Waals surface area (Å²) in [4.78, 5) is 23.1. The van der Waals surface area contributed by atoms with E-state index in [4.69, 9.17) is 5.11 Å². The lowest BCUT2D eigenvalue weighted by molar-refractivity contribution is -0.142. The normalized spacial score (nSPS) is 24.2. The lowest BCUT2D eigenvalue weighted by Gasteiger charge is -2.18. The molecule has 0 unspecified atom stereocenters. The molecule has 0 aromatic rings. The highest BCUT2D eigenvalue weighted by molar-refractivity contribution is 5.79. The smallest absolute Gasteiger partial charge is 0.320 e. The maximum absolute atomic E-state index is 10.7. The van der Waals surface area contributed by atoms with Gasteiger partial charge in [-0.3, -0.25) is 14.5 Å². The molecule has 0 aliphatic carbocycles. The Morgan fingerprint density at radius 3 is 2.75 bits per heavy atom. The Bertz CT molecular complexity index is 202. The maximum atomic E-state index is 10.7. The average Bonchev–Trinajstić information content (AvgIpc) is 2.33. The Balaban J connectivity index is 2.52. The number of carbonyl (C=O) groups excluding carboxylic acids is 1. The molecule has 68 valence electrons. The summed E-state index contributed by atoms with van der Waals surface area (Å²) in [5, 5.41) is 8.74. The number of carboxylic acid groups (broad SMARTS) is 1. The van der Waals surface area contributed by atoms with E-state index in [-0.39, 0.29) is 12.3 Å². The van der Waals surface area contributed by atoms with Gasteiger partial charge in [0.25, 0.3) is 0 Å². The fourth-order valence-corrected chi connectivity index (χ4v) is 1.58. The molecule has 1 aliphatic heterocycles. The van der Waals surface area contributed by atoms with Gasteiger partial charge in [0, 0.05) is 0 Å². The molecule has 0 saturated carbocycles. The van der Waals surface area contributed by atoms with Gasteiger partial charge in [-0.15, -0.1) is 0 Å². The number of hydrogen-bond acceptors (Lipinski definition) is 3. The predicted octanol–water partition coefficient (Wildman–Crippen LogP) is 0.124. The zero-order valence-corrected chi connectivity index (χ0v) is 7.12. The van der Waals surface area contributed by atoms with Crippen molar-refractivity contribution in [3.8, 4) is 0 Å². The van der Waals surface area contributed by atoms with Gasteiger partial charge in [0.05, 0.1) is 6.54 Å². The van der Waals surface area contributed by atoms with Crippen molar-refractivity contribution in [3.63, 3.8) is 0 Å². The largest absolute Gasteiger partial charge is 0.480 e. The molecule has 1 atom stereocenters. The number of aliphatic carboxylic acids is 1. The van der Waals surface area contributed by atoms with Crippen LogP contribution in [0.15, 0.2) is 0 Å². The molecule has 4 nitrogen and oxygen atoms in total. The number of Topliss-reactive ketones (excluding diaryl/α,β-unsaturated/α-hetero) is 1. The second-order valence-electron chi connectivity index (χ2n) is 3.17. The first-order valence-corrected chi connectivity index (χ1v) is 4.07. The molecule has 0 amide bonds. The van der Waals surface area contributed by atoms with E-state index in [0.717, 1.165) is 13.0 Å². The van der Waals surface area contributed by atoms with Crippen LogP contribution in [0.5, 0.6) is 0 Å². The predicted molar refractivity (Wildman–Crippen MR) is 42.9 cm³/mol. The average molecular weight is 171 g/mol. The molecule has 0 radical (unpaired) electrons. The fraction of sp³-hybridized carbons (Fsp3) is 0.750. The number of likely N-dealkylation sites (tertiary alicyclic amines) is 1. The monoisotopic (exact) mass is 171 g/mol. The number of carbonyl (C=O) groups is 2. The van der Waals surface area contributed by atoms with Gasteiger partial charge < -0.3 is 5.11 Å². The van der Waals surface area contributed by atoms with E-state index in [1.165, 1.54) is 6.92 Å². The van der Waals surface area contributed by atoms with Crippen LogP contribution >= 0.6 is 0 Å². The molecule has 12 heavy (non-hydrogen) atoms. The third kappa shape index (κ3) is 2.04. The van der Waals surface area contributed by atoms with E-state index in [1.807, 2.05) is 0 Å². The van der Waals surface area contributed by atoms with Crippen LogP contribution in [0.2, 0.25) is 0 Å². The van der Waals surface area contributed by atoms with Crippen molar-refractivity contribution in [2.24, 2.45) is 0 Å². The first-order valence-electron chi connectivity index (χ1n) is 4.07. The lowest BCUT2D eigenvalue weighted by Crippen LogP contribution is -2.38. The molecular formula is C8H13NO3. The second-order valence-corrected chi connectivity index (χ2v) is 3.17. The molecule has 1 aliphatic rings. The van der Waals surface area contributed by atoms with Crippen molar-refractivity contribution in [2.45, 2.75) is 25.8 Å². The highest BCUT2D eigenvalue weighted by Gasteiger charge is 2.30. The topological polar surface area (TPSA) is 57.6 Å². The molecule has 0 bridgehead atoms. The van der Waals surface area contributed by atoms with Crippen molar-refractivity contribution in [1.82, 2.24) is 4.90 Å². The van der Waals surface area contributed by atoms with Crippen LogP contribution < -0.4 is 0 Å². The van der Waals surface area contributed by atoms with Crippen molar-refractivity contribution in [1.29, 1.82) is 0 Å². The number of carboxylic acids is 1. The Kier molecular flexibility index (Phi) is 2.81. The summed E-state index contributed by atoms with van der Waals surface area (Å²) in [5.41, 5.74) is 0. The van der Waals surface area contributed by atoms with Gasteiger partial charge in [-0.1, -0.05) is 0 Å². The molecular weight excluding hydrogens is 158 g/mol. The quantitative estimate of drug-likeness (QED) is 0.655. The third-order valence-electron chi connectivity index (χ3n) is 2.07. The lowest BCUT2D eigenvalue weighted by atomic mass is 10.2. The summed E-state index contributed by atoms with van der Waals surface area (Å²) >= 11 is 0. The Hall–Kier alpha value is -0.900. The van der Waals surface area contributed by atoms with Gasteiger partial charge in [-0.05, 0) is 26.3 Å². The molecule has 4 heteroatoms. The van der Waals surface area contributed by atoms with E-state index < -0.39 is 12.0 Å². The van der Waals surface area contributed by atoms with Crippen LogP contribution in [0.1, 0.15) is 19.8 Å². The Morgan fingerprint density at radius 1 is 1.58 bits per heavy atom. The van der Waals surface area contributed by atoms with Gasteiger partial charge in [-0.25, -0.2) is 0 Å². The molecule has 0 aromatic heterocycles. The minimum atomic E-state index is -0.811. The highest BCUT2D eigenvalue weighted by atomic mass is 16.4. The molecule has 0 aromatic carbocycles. The standard InChI is InChI=1S/C8H13NO3/c1-6(10)5-9-4-2-3-7(9)8(11)12/h7H,2-5H2,1H3,(H,11,12)/t7-/m0/s1. The zero-order chi connectivity index (χ0) is 9.14. The van der Waals surface area contributed by atoms with Crippen molar-refractivity contribution >= 4 is 11.8 Å². The zero-order valence-electron chi connectivity index (χ0n) is 7.12. The summed E-state index contributed by atoms with van der Waals surface area (Å²) in [6.45, 7) is 2.49.